The Morgan fingerprint density at radius 3 is 2.11 bits per heavy atom. The number of nitriles is 1. The Labute approximate surface area is 208 Å². The second-order valence-electron chi connectivity index (χ2n) is 8.62. The average Bonchev–Trinajstić information content (AvgIpc) is 2.89. The molecule has 0 atom stereocenters. The predicted octanol–water partition coefficient (Wildman–Crippen LogP) is 4.77. The number of piperidine rings is 1. The van der Waals surface area contributed by atoms with E-state index in [1.807, 2.05) is 12.1 Å². The van der Waals surface area contributed by atoms with Crippen LogP contribution in [-0.4, -0.2) is 47.4 Å². The summed E-state index contributed by atoms with van der Waals surface area (Å²) in [6.45, 7) is 2.84. The first kappa shape index (κ1) is 24.5. The fourth-order valence-electron chi connectivity index (χ4n) is 4.21. The van der Waals surface area contributed by atoms with Gasteiger partial charge in [-0.25, -0.2) is 0 Å². The maximum atomic E-state index is 12.8. The topological polar surface area (TPSA) is 126 Å². The van der Waals surface area contributed by atoms with E-state index in [-0.39, 0.29) is 16.7 Å². The largest absolute Gasteiger partial charge is 0.480 e. The van der Waals surface area contributed by atoms with Crippen molar-refractivity contribution in [3.63, 3.8) is 0 Å². The lowest BCUT2D eigenvalue weighted by atomic mass is 9.93. The van der Waals surface area contributed by atoms with Crippen LogP contribution in [0.1, 0.15) is 31.7 Å². The van der Waals surface area contributed by atoms with E-state index in [9.17, 15) is 19.6 Å². The molecule has 2 aliphatic heterocycles. The summed E-state index contributed by atoms with van der Waals surface area (Å²) >= 11 is 0. The second kappa shape index (κ2) is 10.8. The van der Waals surface area contributed by atoms with Crippen LogP contribution in [0.25, 0.3) is 6.08 Å². The van der Waals surface area contributed by atoms with E-state index >= 15 is 0 Å². The number of hydrogen-bond donors (Lipinski definition) is 1. The van der Waals surface area contributed by atoms with Gasteiger partial charge in [-0.2, -0.15) is 15.5 Å². The van der Waals surface area contributed by atoms with Crippen molar-refractivity contribution in [1.29, 1.82) is 5.26 Å². The van der Waals surface area contributed by atoms with Crippen LogP contribution in [0.4, 0.5) is 17.1 Å². The molecular weight excluding hydrogens is 458 g/mol. The summed E-state index contributed by atoms with van der Waals surface area (Å²) in [5, 5.41) is 27.0. The third-order valence-electron chi connectivity index (χ3n) is 6.17. The molecule has 2 aliphatic rings. The molecule has 2 aromatic carbocycles. The molecule has 1 fully saturated rings. The third-order valence-corrected chi connectivity index (χ3v) is 6.17. The SMILES string of the molecule is CC1=C(C#N)C(=O)N(CC(=O)O)C(=O)/C1=C\c1ccc(N=Nc2ccc(N3CCCCC3)cc2)cc1. The number of aliphatic carboxylic acids is 1. The first-order chi connectivity index (χ1) is 17.4. The number of hydrogen-bond acceptors (Lipinski definition) is 7. The molecule has 0 aliphatic carbocycles. The normalized spacial score (nSPS) is 17.7. The summed E-state index contributed by atoms with van der Waals surface area (Å²) in [6.07, 6.45) is 5.25. The van der Waals surface area contributed by atoms with Crippen molar-refractivity contribution in [2.75, 3.05) is 24.5 Å². The van der Waals surface area contributed by atoms with Gasteiger partial charge in [-0.3, -0.25) is 19.3 Å². The Morgan fingerprint density at radius 1 is 0.972 bits per heavy atom. The van der Waals surface area contributed by atoms with E-state index in [4.69, 9.17) is 5.11 Å². The molecule has 1 N–H and O–H groups in total. The van der Waals surface area contributed by atoms with E-state index in [0.717, 1.165) is 18.8 Å². The van der Waals surface area contributed by atoms with Gasteiger partial charge >= 0.3 is 5.97 Å². The molecule has 9 heteroatoms. The Morgan fingerprint density at radius 2 is 1.56 bits per heavy atom. The minimum absolute atomic E-state index is 0.0931. The van der Waals surface area contributed by atoms with Crippen molar-refractivity contribution in [2.24, 2.45) is 10.2 Å². The number of carbonyl (C=O) groups excluding carboxylic acids is 2. The molecule has 2 aromatic rings. The average molecular weight is 484 g/mol. The Kier molecular flexibility index (Phi) is 7.35. The van der Waals surface area contributed by atoms with Gasteiger partial charge in [0.25, 0.3) is 11.8 Å². The van der Waals surface area contributed by atoms with Crippen molar-refractivity contribution in [2.45, 2.75) is 26.2 Å². The van der Waals surface area contributed by atoms with E-state index in [1.54, 1.807) is 30.3 Å². The Bertz CT molecular complexity index is 1310. The first-order valence-corrected chi connectivity index (χ1v) is 11.6. The zero-order valence-corrected chi connectivity index (χ0v) is 19.8. The number of benzene rings is 2. The van der Waals surface area contributed by atoms with Crippen molar-refractivity contribution in [1.82, 2.24) is 4.90 Å². The molecule has 0 unspecified atom stereocenters. The standard InChI is InChI=1S/C27H25N5O4/c1-18-23(26(35)32(17-25(33)34)27(36)24(18)16-28)15-19-5-7-20(8-6-19)29-30-21-9-11-22(12-10-21)31-13-3-2-4-14-31/h5-12,15H,2-4,13-14,17H2,1H3,(H,33,34)/b23-15-,30-29?. The highest BCUT2D eigenvalue weighted by atomic mass is 16.4. The third kappa shape index (κ3) is 5.39. The fourth-order valence-corrected chi connectivity index (χ4v) is 4.21. The lowest BCUT2D eigenvalue weighted by Crippen LogP contribution is -2.45. The van der Waals surface area contributed by atoms with Gasteiger partial charge in [-0.15, -0.1) is 0 Å². The Hall–Kier alpha value is -4.58. The molecule has 0 saturated carbocycles. The van der Waals surface area contributed by atoms with Gasteiger partial charge in [0.15, 0.2) is 0 Å². The van der Waals surface area contributed by atoms with Crippen molar-refractivity contribution < 1.29 is 19.5 Å². The minimum atomic E-state index is -1.34. The summed E-state index contributed by atoms with van der Waals surface area (Å²) in [6, 6.07) is 16.7. The number of nitrogens with zero attached hydrogens (tertiary/aromatic N) is 5. The van der Waals surface area contributed by atoms with E-state index in [1.165, 1.54) is 37.9 Å². The highest BCUT2D eigenvalue weighted by Gasteiger charge is 2.36. The highest BCUT2D eigenvalue weighted by molar-refractivity contribution is 6.20. The quantitative estimate of drug-likeness (QED) is 0.358. The lowest BCUT2D eigenvalue weighted by Gasteiger charge is -2.28. The molecule has 1 saturated heterocycles. The molecule has 0 spiro atoms. The summed E-state index contributed by atoms with van der Waals surface area (Å²) < 4.78 is 0. The van der Waals surface area contributed by atoms with Crippen LogP contribution < -0.4 is 4.90 Å². The zero-order chi connectivity index (χ0) is 25.7. The van der Waals surface area contributed by atoms with Crippen LogP contribution in [0.15, 0.2) is 75.5 Å². The van der Waals surface area contributed by atoms with Gasteiger partial charge in [0, 0.05) is 24.4 Å². The van der Waals surface area contributed by atoms with Gasteiger partial charge in [0.1, 0.15) is 18.2 Å². The minimum Gasteiger partial charge on any atom is -0.480 e. The van der Waals surface area contributed by atoms with Gasteiger partial charge in [-0.05, 0) is 79.8 Å². The summed E-state index contributed by atoms with van der Waals surface area (Å²) in [7, 11) is 0. The number of carboxylic acid groups (broad SMARTS) is 1. The number of carbonyl (C=O) groups is 3. The number of carboxylic acids is 1. The van der Waals surface area contributed by atoms with E-state index in [0.29, 0.717) is 16.2 Å². The molecule has 4 rings (SSSR count). The van der Waals surface area contributed by atoms with Crippen LogP contribution in [0.5, 0.6) is 0 Å². The molecule has 2 heterocycles. The summed E-state index contributed by atoms with van der Waals surface area (Å²) in [5.74, 6) is -3.00. The van der Waals surface area contributed by atoms with Crippen molar-refractivity contribution in [3.05, 3.63) is 70.8 Å². The molecule has 0 bridgehead atoms. The van der Waals surface area contributed by atoms with Gasteiger partial charge in [0.05, 0.1) is 11.4 Å². The molecular formula is C27H25N5O4. The molecule has 0 aromatic heterocycles. The van der Waals surface area contributed by atoms with Crippen molar-refractivity contribution >= 4 is 40.9 Å². The Balaban J connectivity index is 1.50. The van der Waals surface area contributed by atoms with E-state index in [2.05, 4.69) is 27.3 Å². The smallest absolute Gasteiger partial charge is 0.323 e. The molecule has 2 amide bonds. The van der Waals surface area contributed by atoms with Crippen LogP contribution in [0, 0.1) is 11.3 Å². The van der Waals surface area contributed by atoms with Crippen LogP contribution in [0.2, 0.25) is 0 Å². The predicted molar refractivity (Wildman–Crippen MR) is 134 cm³/mol. The van der Waals surface area contributed by atoms with E-state index < -0.39 is 24.3 Å². The summed E-state index contributed by atoms with van der Waals surface area (Å²) in [5.41, 5.74) is 3.23. The second-order valence-corrected chi connectivity index (χ2v) is 8.62. The highest BCUT2D eigenvalue weighted by Crippen LogP contribution is 2.28. The monoisotopic (exact) mass is 483 g/mol. The van der Waals surface area contributed by atoms with Crippen molar-refractivity contribution in [3.8, 4) is 6.07 Å². The number of rotatable bonds is 6. The zero-order valence-electron chi connectivity index (χ0n) is 19.8. The molecule has 9 nitrogen and oxygen atoms in total. The number of azo groups is 1. The van der Waals surface area contributed by atoms with Crippen LogP contribution >= 0.6 is 0 Å². The molecule has 0 radical (unpaired) electrons. The fraction of sp³-hybridized carbons (Fsp3) is 0.259. The number of amides is 2. The van der Waals surface area contributed by atoms with Crippen LogP contribution in [-0.2, 0) is 14.4 Å². The van der Waals surface area contributed by atoms with Gasteiger partial charge < -0.3 is 10.0 Å². The van der Waals surface area contributed by atoms with Gasteiger partial charge in [-0.1, -0.05) is 12.1 Å². The molecule has 182 valence electrons. The van der Waals surface area contributed by atoms with Gasteiger partial charge in [0.2, 0.25) is 0 Å². The van der Waals surface area contributed by atoms with Crippen LogP contribution in [0.3, 0.4) is 0 Å². The molecule has 36 heavy (non-hydrogen) atoms. The maximum absolute atomic E-state index is 12.8. The number of anilines is 1. The summed E-state index contributed by atoms with van der Waals surface area (Å²) in [4.78, 5) is 39.2. The first-order valence-electron chi connectivity index (χ1n) is 11.6. The number of imide groups is 1. The lowest BCUT2D eigenvalue weighted by molar-refractivity contribution is -0.149. The maximum Gasteiger partial charge on any atom is 0.323 e.